The van der Waals surface area contributed by atoms with E-state index in [4.69, 9.17) is 4.74 Å². The predicted molar refractivity (Wildman–Crippen MR) is 57.6 cm³/mol. The maximum absolute atomic E-state index is 11.6. The van der Waals surface area contributed by atoms with Crippen molar-refractivity contribution in [3.63, 3.8) is 0 Å². The SMILES string of the molecule is O=C1NCCCCC1NCC1CCCO1. The lowest BCUT2D eigenvalue weighted by Gasteiger charge is -2.17. The summed E-state index contributed by atoms with van der Waals surface area (Å²) in [5.74, 6) is 0.158. The molecule has 0 aliphatic carbocycles. The van der Waals surface area contributed by atoms with Crippen molar-refractivity contribution in [1.82, 2.24) is 10.6 Å². The summed E-state index contributed by atoms with van der Waals surface area (Å²) in [7, 11) is 0. The van der Waals surface area contributed by atoms with Crippen molar-refractivity contribution in [1.29, 1.82) is 0 Å². The highest BCUT2D eigenvalue weighted by molar-refractivity contribution is 5.81. The lowest BCUT2D eigenvalue weighted by atomic mass is 10.1. The third-order valence-electron chi connectivity index (χ3n) is 3.15. The second-order valence-corrected chi connectivity index (χ2v) is 4.38. The average Bonchev–Trinajstić information content (AvgIpc) is 2.67. The zero-order valence-electron chi connectivity index (χ0n) is 9.13. The van der Waals surface area contributed by atoms with Crippen LogP contribution < -0.4 is 10.6 Å². The molecular formula is C11H20N2O2. The monoisotopic (exact) mass is 212 g/mol. The topological polar surface area (TPSA) is 50.4 Å². The van der Waals surface area contributed by atoms with Crippen molar-refractivity contribution in [2.24, 2.45) is 0 Å². The molecular weight excluding hydrogens is 192 g/mol. The van der Waals surface area contributed by atoms with Crippen LogP contribution in [0.4, 0.5) is 0 Å². The summed E-state index contributed by atoms with van der Waals surface area (Å²) in [6, 6.07) is -0.00306. The molecule has 0 spiro atoms. The lowest BCUT2D eigenvalue weighted by Crippen LogP contribution is -2.45. The van der Waals surface area contributed by atoms with Gasteiger partial charge < -0.3 is 15.4 Å². The Bertz CT molecular complexity index is 215. The second kappa shape index (κ2) is 5.47. The Morgan fingerprint density at radius 1 is 1.33 bits per heavy atom. The Morgan fingerprint density at radius 3 is 3.07 bits per heavy atom. The summed E-state index contributed by atoms with van der Waals surface area (Å²) in [6.45, 7) is 2.53. The fourth-order valence-corrected chi connectivity index (χ4v) is 2.21. The van der Waals surface area contributed by atoms with Gasteiger partial charge in [0.15, 0.2) is 0 Å². The van der Waals surface area contributed by atoms with Crippen LogP contribution in [0, 0.1) is 0 Å². The normalized spacial score (nSPS) is 32.4. The highest BCUT2D eigenvalue weighted by atomic mass is 16.5. The van der Waals surface area contributed by atoms with Gasteiger partial charge in [-0.25, -0.2) is 0 Å². The summed E-state index contributed by atoms with van der Waals surface area (Å²) in [5.41, 5.74) is 0. The second-order valence-electron chi connectivity index (χ2n) is 4.38. The van der Waals surface area contributed by atoms with Crippen molar-refractivity contribution in [3.8, 4) is 0 Å². The van der Waals surface area contributed by atoms with E-state index in [2.05, 4.69) is 10.6 Å². The minimum absolute atomic E-state index is 0.00306. The molecule has 0 aromatic heterocycles. The molecule has 2 heterocycles. The number of rotatable bonds is 3. The Labute approximate surface area is 90.8 Å². The van der Waals surface area contributed by atoms with Crippen molar-refractivity contribution in [3.05, 3.63) is 0 Å². The summed E-state index contributed by atoms with van der Waals surface area (Å²) in [5, 5.41) is 6.24. The van der Waals surface area contributed by atoms with Crippen molar-refractivity contribution in [2.75, 3.05) is 19.7 Å². The molecule has 1 amide bonds. The molecule has 0 saturated carbocycles. The van der Waals surface area contributed by atoms with Gasteiger partial charge in [0.1, 0.15) is 0 Å². The molecule has 2 fully saturated rings. The van der Waals surface area contributed by atoms with E-state index in [9.17, 15) is 4.79 Å². The lowest BCUT2D eigenvalue weighted by molar-refractivity contribution is -0.122. The Balaban J connectivity index is 1.73. The molecule has 2 N–H and O–H groups in total. The molecule has 4 heteroatoms. The largest absolute Gasteiger partial charge is 0.377 e. The van der Waals surface area contributed by atoms with E-state index < -0.39 is 0 Å². The molecule has 0 radical (unpaired) electrons. The van der Waals surface area contributed by atoms with E-state index in [0.29, 0.717) is 6.10 Å². The molecule has 4 nitrogen and oxygen atoms in total. The molecule has 2 unspecified atom stereocenters. The third-order valence-corrected chi connectivity index (χ3v) is 3.15. The van der Waals surface area contributed by atoms with Crippen LogP contribution in [0.2, 0.25) is 0 Å². The highest BCUT2D eigenvalue weighted by Crippen LogP contribution is 2.12. The summed E-state index contributed by atoms with van der Waals surface area (Å²) >= 11 is 0. The number of ether oxygens (including phenoxy) is 1. The van der Waals surface area contributed by atoms with E-state index in [1.807, 2.05) is 0 Å². The van der Waals surface area contributed by atoms with Crippen LogP contribution >= 0.6 is 0 Å². The van der Waals surface area contributed by atoms with Gasteiger partial charge in [0.05, 0.1) is 12.1 Å². The van der Waals surface area contributed by atoms with E-state index >= 15 is 0 Å². The first-order valence-corrected chi connectivity index (χ1v) is 5.99. The molecule has 86 valence electrons. The van der Waals surface area contributed by atoms with Gasteiger partial charge in [-0.05, 0) is 32.1 Å². The number of carbonyl (C=O) groups is 1. The maximum Gasteiger partial charge on any atom is 0.237 e. The smallest absolute Gasteiger partial charge is 0.237 e. The van der Waals surface area contributed by atoms with Crippen LogP contribution in [0.15, 0.2) is 0 Å². The molecule has 2 saturated heterocycles. The molecule has 15 heavy (non-hydrogen) atoms. The van der Waals surface area contributed by atoms with Crippen LogP contribution in [-0.2, 0) is 9.53 Å². The van der Waals surface area contributed by atoms with Gasteiger partial charge in [0, 0.05) is 19.7 Å². The Hall–Kier alpha value is -0.610. The van der Waals surface area contributed by atoms with Crippen LogP contribution in [0.25, 0.3) is 0 Å². The Kier molecular flexibility index (Phi) is 3.97. The maximum atomic E-state index is 11.6. The van der Waals surface area contributed by atoms with Gasteiger partial charge >= 0.3 is 0 Å². The number of hydrogen-bond donors (Lipinski definition) is 2. The first-order valence-electron chi connectivity index (χ1n) is 5.99. The Morgan fingerprint density at radius 2 is 2.27 bits per heavy atom. The van der Waals surface area contributed by atoms with Gasteiger partial charge in [0.25, 0.3) is 0 Å². The minimum Gasteiger partial charge on any atom is -0.377 e. The highest BCUT2D eigenvalue weighted by Gasteiger charge is 2.22. The van der Waals surface area contributed by atoms with E-state index in [0.717, 1.165) is 51.8 Å². The van der Waals surface area contributed by atoms with Gasteiger partial charge in [-0.3, -0.25) is 4.79 Å². The molecule has 0 aromatic carbocycles. The van der Waals surface area contributed by atoms with Gasteiger partial charge in [0.2, 0.25) is 5.91 Å². The fourth-order valence-electron chi connectivity index (χ4n) is 2.21. The molecule has 2 rings (SSSR count). The molecule has 2 aliphatic heterocycles. The number of carbonyl (C=O) groups excluding carboxylic acids is 1. The van der Waals surface area contributed by atoms with Crippen LogP contribution in [0.3, 0.4) is 0 Å². The van der Waals surface area contributed by atoms with E-state index in [1.54, 1.807) is 0 Å². The molecule has 0 aromatic rings. The first kappa shape index (κ1) is 10.9. The zero-order valence-corrected chi connectivity index (χ0v) is 9.13. The van der Waals surface area contributed by atoms with Crippen molar-refractivity contribution >= 4 is 5.91 Å². The molecule has 2 aliphatic rings. The zero-order chi connectivity index (χ0) is 10.5. The van der Waals surface area contributed by atoms with Crippen molar-refractivity contribution < 1.29 is 9.53 Å². The van der Waals surface area contributed by atoms with E-state index in [1.165, 1.54) is 0 Å². The van der Waals surface area contributed by atoms with Crippen LogP contribution in [0.1, 0.15) is 32.1 Å². The summed E-state index contributed by atoms with van der Waals surface area (Å²) in [6.07, 6.45) is 5.79. The standard InChI is InChI=1S/C11H20N2O2/c14-11-10(5-1-2-6-12-11)13-8-9-4-3-7-15-9/h9-10,13H,1-8H2,(H,12,14). The summed E-state index contributed by atoms with van der Waals surface area (Å²) in [4.78, 5) is 11.6. The average molecular weight is 212 g/mol. The number of amides is 1. The van der Waals surface area contributed by atoms with Gasteiger partial charge in [-0.15, -0.1) is 0 Å². The van der Waals surface area contributed by atoms with Crippen LogP contribution in [0.5, 0.6) is 0 Å². The van der Waals surface area contributed by atoms with Crippen LogP contribution in [-0.4, -0.2) is 37.7 Å². The molecule has 0 bridgehead atoms. The van der Waals surface area contributed by atoms with Crippen molar-refractivity contribution in [2.45, 2.75) is 44.2 Å². The summed E-state index contributed by atoms with van der Waals surface area (Å²) < 4.78 is 5.52. The van der Waals surface area contributed by atoms with Gasteiger partial charge in [-0.2, -0.15) is 0 Å². The first-order chi connectivity index (χ1) is 7.36. The minimum atomic E-state index is -0.00306. The molecule has 2 atom stereocenters. The third kappa shape index (κ3) is 3.18. The van der Waals surface area contributed by atoms with Gasteiger partial charge in [-0.1, -0.05) is 0 Å². The fraction of sp³-hybridized carbons (Fsp3) is 0.909. The number of nitrogens with one attached hydrogen (secondary N) is 2. The van der Waals surface area contributed by atoms with E-state index in [-0.39, 0.29) is 11.9 Å². The quantitative estimate of drug-likeness (QED) is 0.713. The predicted octanol–water partition coefficient (Wildman–Crippen LogP) is 0.424. The number of hydrogen-bond acceptors (Lipinski definition) is 3.